The molecule has 5 heteroatoms. The quantitative estimate of drug-likeness (QED) is 0.922. The largest absolute Gasteiger partial charge is 0.497 e. The van der Waals surface area contributed by atoms with Gasteiger partial charge in [-0.15, -0.1) is 0 Å². The molecule has 0 saturated heterocycles. The zero-order chi connectivity index (χ0) is 14.1. The molecule has 0 atom stereocenters. The lowest BCUT2D eigenvalue weighted by atomic mass is 10.1. The van der Waals surface area contributed by atoms with Gasteiger partial charge in [0.2, 0.25) is 0 Å². The number of anilines is 1. The summed E-state index contributed by atoms with van der Waals surface area (Å²) in [5, 5.41) is 4.42. The molecule has 0 spiro atoms. The summed E-state index contributed by atoms with van der Waals surface area (Å²) in [7, 11) is 1.63. The summed E-state index contributed by atoms with van der Waals surface area (Å²) in [5.74, 6) is 1.36. The number of rotatable bonds is 4. The maximum Gasteiger partial charge on any atom is 0.289 e. The maximum atomic E-state index is 12.0. The number of nitrogens with zero attached hydrogens (tertiary/aromatic N) is 2. The molecule has 0 aliphatic heterocycles. The Morgan fingerprint density at radius 3 is 2.65 bits per heavy atom. The van der Waals surface area contributed by atoms with Crippen molar-refractivity contribution in [1.29, 1.82) is 0 Å². The lowest BCUT2D eigenvalue weighted by Crippen LogP contribution is -2.26. The average molecular weight is 271 g/mol. The normalized spacial score (nSPS) is 14.2. The Balaban J connectivity index is 1.99. The van der Waals surface area contributed by atoms with Crippen LogP contribution in [-0.2, 0) is 6.54 Å². The fourth-order valence-corrected chi connectivity index (χ4v) is 2.13. The minimum Gasteiger partial charge on any atom is -0.497 e. The highest BCUT2D eigenvalue weighted by Gasteiger charge is 2.23. The molecule has 3 rings (SSSR count). The van der Waals surface area contributed by atoms with E-state index in [1.54, 1.807) is 13.2 Å². The number of benzene rings is 1. The summed E-state index contributed by atoms with van der Waals surface area (Å²) >= 11 is 0. The highest BCUT2D eigenvalue weighted by Crippen LogP contribution is 2.30. The fourth-order valence-electron chi connectivity index (χ4n) is 2.13. The van der Waals surface area contributed by atoms with Crippen LogP contribution < -0.4 is 16.0 Å². The van der Waals surface area contributed by atoms with Crippen molar-refractivity contribution in [3.8, 4) is 17.0 Å². The van der Waals surface area contributed by atoms with Crippen molar-refractivity contribution in [1.82, 2.24) is 9.78 Å². The van der Waals surface area contributed by atoms with Gasteiger partial charge in [-0.3, -0.25) is 4.79 Å². The minimum atomic E-state index is -0.200. The van der Waals surface area contributed by atoms with E-state index in [2.05, 4.69) is 5.10 Å². The van der Waals surface area contributed by atoms with Gasteiger partial charge in [0, 0.05) is 12.1 Å². The molecular formula is C15H17N3O2. The van der Waals surface area contributed by atoms with E-state index in [1.165, 1.54) is 17.5 Å². The van der Waals surface area contributed by atoms with Gasteiger partial charge in [-0.05, 0) is 49.1 Å². The highest BCUT2D eigenvalue weighted by molar-refractivity contribution is 5.62. The lowest BCUT2D eigenvalue weighted by molar-refractivity contribution is 0.415. The van der Waals surface area contributed by atoms with Crippen LogP contribution >= 0.6 is 0 Å². The van der Waals surface area contributed by atoms with Crippen LogP contribution in [-0.4, -0.2) is 16.9 Å². The van der Waals surface area contributed by atoms with Crippen molar-refractivity contribution in [2.24, 2.45) is 5.92 Å². The van der Waals surface area contributed by atoms with E-state index in [0.717, 1.165) is 11.3 Å². The summed E-state index contributed by atoms with van der Waals surface area (Å²) < 4.78 is 6.62. The lowest BCUT2D eigenvalue weighted by Gasteiger charge is -2.09. The Labute approximate surface area is 117 Å². The maximum absolute atomic E-state index is 12.0. The van der Waals surface area contributed by atoms with E-state index < -0.39 is 0 Å². The molecule has 20 heavy (non-hydrogen) atoms. The van der Waals surface area contributed by atoms with Crippen molar-refractivity contribution < 1.29 is 4.74 Å². The second kappa shape index (κ2) is 5.00. The molecule has 1 fully saturated rings. The number of methoxy groups -OCH3 is 1. The molecule has 2 N–H and O–H groups in total. The van der Waals surface area contributed by atoms with Gasteiger partial charge in [-0.25, -0.2) is 4.68 Å². The van der Waals surface area contributed by atoms with Crippen LogP contribution in [0.15, 0.2) is 35.1 Å². The highest BCUT2D eigenvalue weighted by atomic mass is 16.5. The summed E-state index contributed by atoms with van der Waals surface area (Å²) in [4.78, 5) is 12.0. The first-order valence-electron chi connectivity index (χ1n) is 6.69. The zero-order valence-corrected chi connectivity index (χ0v) is 11.4. The van der Waals surface area contributed by atoms with Gasteiger partial charge in [0.25, 0.3) is 5.56 Å². The first kappa shape index (κ1) is 12.7. The summed E-state index contributed by atoms with van der Waals surface area (Å²) in [6.07, 6.45) is 2.33. The van der Waals surface area contributed by atoms with Gasteiger partial charge in [0.1, 0.15) is 11.4 Å². The number of nitrogen functional groups attached to an aromatic ring is 1. The van der Waals surface area contributed by atoms with Gasteiger partial charge >= 0.3 is 0 Å². The van der Waals surface area contributed by atoms with E-state index in [4.69, 9.17) is 10.5 Å². The van der Waals surface area contributed by atoms with Crippen LogP contribution in [0.3, 0.4) is 0 Å². The standard InChI is InChI=1S/C15H17N3O2/c1-20-12-6-4-11(5-7-12)14-8-13(16)15(19)18(17-14)9-10-2-3-10/h4-8,10H,2-3,9,16H2,1H3. The van der Waals surface area contributed by atoms with E-state index in [1.807, 2.05) is 24.3 Å². The molecule has 0 unspecified atom stereocenters. The Kier molecular flexibility index (Phi) is 3.18. The SMILES string of the molecule is COc1ccc(-c2cc(N)c(=O)n(CC3CC3)n2)cc1. The van der Waals surface area contributed by atoms with Crippen LogP contribution in [0.2, 0.25) is 0 Å². The van der Waals surface area contributed by atoms with Crippen LogP contribution in [0.4, 0.5) is 5.69 Å². The minimum absolute atomic E-state index is 0.200. The summed E-state index contributed by atoms with van der Waals surface area (Å²) in [6.45, 7) is 0.660. The van der Waals surface area contributed by atoms with Crippen LogP contribution in [0.1, 0.15) is 12.8 Å². The fraction of sp³-hybridized carbons (Fsp3) is 0.333. The van der Waals surface area contributed by atoms with Crippen molar-refractivity contribution in [3.05, 3.63) is 40.7 Å². The van der Waals surface area contributed by atoms with Crippen LogP contribution in [0.5, 0.6) is 5.75 Å². The molecule has 1 saturated carbocycles. The molecule has 0 radical (unpaired) electrons. The Bertz CT molecular complexity index is 673. The van der Waals surface area contributed by atoms with Crippen molar-refractivity contribution in [3.63, 3.8) is 0 Å². The average Bonchev–Trinajstić information content (AvgIpc) is 3.28. The Morgan fingerprint density at radius 2 is 2.05 bits per heavy atom. The molecule has 104 valence electrons. The Hall–Kier alpha value is -2.30. The smallest absolute Gasteiger partial charge is 0.289 e. The van der Waals surface area contributed by atoms with Crippen LogP contribution in [0, 0.1) is 5.92 Å². The van der Waals surface area contributed by atoms with Crippen LogP contribution in [0.25, 0.3) is 11.3 Å². The zero-order valence-electron chi connectivity index (χ0n) is 11.4. The first-order chi connectivity index (χ1) is 9.67. The topological polar surface area (TPSA) is 70.1 Å². The summed E-state index contributed by atoms with van der Waals surface area (Å²) in [5.41, 5.74) is 7.49. The molecule has 1 aromatic heterocycles. The second-order valence-corrected chi connectivity index (χ2v) is 5.14. The molecule has 5 nitrogen and oxygen atoms in total. The van der Waals surface area contributed by atoms with Crippen molar-refractivity contribution >= 4 is 5.69 Å². The van der Waals surface area contributed by atoms with Crippen molar-refractivity contribution in [2.45, 2.75) is 19.4 Å². The molecule has 1 aromatic carbocycles. The van der Waals surface area contributed by atoms with Gasteiger partial charge in [0.05, 0.1) is 12.8 Å². The number of ether oxygens (including phenoxy) is 1. The molecule has 1 aliphatic rings. The van der Waals surface area contributed by atoms with E-state index in [9.17, 15) is 4.79 Å². The first-order valence-corrected chi connectivity index (χ1v) is 6.69. The van der Waals surface area contributed by atoms with E-state index in [-0.39, 0.29) is 11.2 Å². The van der Waals surface area contributed by atoms with E-state index in [0.29, 0.717) is 18.2 Å². The predicted molar refractivity (Wildman–Crippen MR) is 77.6 cm³/mol. The van der Waals surface area contributed by atoms with Gasteiger partial charge in [-0.2, -0.15) is 5.10 Å². The number of aromatic nitrogens is 2. The molecule has 0 amide bonds. The van der Waals surface area contributed by atoms with Crippen molar-refractivity contribution in [2.75, 3.05) is 12.8 Å². The third kappa shape index (κ3) is 2.52. The molecule has 2 aromatic rings. The molecule has 1 heterocycles. The summed E-state index contributed by atoms with van der Waals surface area (Å²) in [6, 6.07) is 9.18. The third-order valence-electron chi connectivity index (χ3n) is 3.52. The van der Waals surface area contributed by atoms with E-state index >= 15 is 0 Å². The number of hydrogen-bond acceptors (Lipinski definition) is 4. The monoisotopic (exact) mass is 271 g/mol. The predicted octanol–water partition coefficient (Wildman–Crippen LogP) is 1.91. The third-order valence-corrected chi connectivity index (χ3v) is 3.52. The molecule has 1 aliphatic carbocycles. The molecular weight excluding hydrogens is 254 g/mol. The van der Waals surface area contributed by atoms with Gasteiger partial charge in [0.15, 0.2) is 0 Å². The van der Waals surface area contributed by atoms with Gasteiger partial charge in [-0.1, -0.05) is 0 Å². The van der Waals surface area contributed by atoms with Gasteiger partial charge < -0.3 is 10.5 Å². The molecule has 0 bridgehead atoms. The Morgan fingerprint density at radius 1 is 1.35 bits per heavy atom. The number of nitrogens with two attached hydrogens (primary N) is 1. The number of hydrogen-bond donors (Lipinski definition) is 1. The second-order valence-electron chi connectivity index (χ2n) is 5.14.